The molecule has 0 aromatic heterocycles. The van der Waals surface area contributed by atoms with Gasteiger partial charge in [-0.2, -0.15) is 0 Å². The molecule has 1 aliphatic rings. The zero-order valence-corrected chi connectivity index (χ0v) is 13.2. The molecule has 6 heteroatoms. The molecule has 1 fully saturated rings. The Labute approximate surface area is 134 Å². The average molecular weight is 329 g/mol. The molecular weight excluding hydrogens is 311 g/mol. The van der Waals surface area contributed by atoms with E-state index in [1.807, 2.05) is 0 Å². The Hall–Kier alpha value is -1.10. The number of nitrogens with zero attached hydrogens (tertiary/aromatic N) is 1. The number of nitrogens with one attached hydrogen (secondary N) is 1. The van der Waals surface area contributed by atoms with Crippen LogP contribution in [0.5, 0.6) is 0 Å². The van der Waals surface area contributed by atoms with Gasteiger partial charge in [0, 0.05) is 30.5 Å². The number of carbonyl (C=O) groups is 2. The van der Waals surface area contributed by atoms with Crippen molar-refractivity contribution in [3.8, 4) is 0 Å². The summed E-state index contributed by atoms with van der Waals surface area (Å²) in [5.41, 5.74) is 0.526. The second-order valence-electron chi connectivity index (χ2n) is 5.26. The second kappa shape index (κ2) is 7.78. The third-order valence-corrected chi connectivity index (χ3v) is 4.16. The molecule has 1 heterocycles. The van der Waals surface area contributed by atoms with Gasteiger partial charge >= 0.3 is 0 Å². The molecule has 1 aromatic carbocycles. The van der Waals surface area contributed by atoms with Crippen molar-refractivity contribution in [3.63, 3.8) is 0 Å². The molecule has 0 saturated carbocycles. The van der Waals surface area contributed by atoms with Crippen molar-refractivity contribution in [2.75, 3.05) is 25.0 Å². The quantitative estimate of drug-likeness (QED) is 0.844. The van der Waals surface area contributed by atoms with E-state index < -0.39 is 0 Å². The van der Waals surface area contributed by atoms with Crippen LogP contribution in [-0.4, -0.2) is 36.7 Å². The Morgan fingerprint density at radius 3 is 3.00 bits per heavy atom. The Balaban J connectivity index is 1.82. The largest absolute Gasteiger partial charge is 0.325 e. The van der Waals surface area contributed by atoms with Crippen LogP contribution in [0, 0.1) is 5.92 Å². The molecule has 0 aliphatic carbocycles. The lowest BCUT2D eigenvalue weighted by Gasteiger charge is -2.29. The van der Waals surface area contributed by atoms with E-state index in [-0.39, 0.29) is 11.8 Å². The number of halogens is 2. The molecule has 0 bridgehead atoms. The fourth-order valence-corrected chi connectivity index (χ4v) is 2.81. The maximum Gasteiger partial charge on any atom is 0.225 e. The lowest BCUT2D eigenvalue weighted by atomic mass is 10.00. The Morgan fingerprint density at radius 2 is 2.24 bits per heavy atom. The summed E-state index contributed by atoms with van der Waals surface area (Å²) < 4.78 is 0. The summed E-state index contributed by atoms with van der Waals surface area (Å²) >= 11 is 11.9. The number of piperidine rings is 1. The molecule has 0 spiro atoms. The standard InChI is InChI=1S/C15H18Cl2N2O2/c16-12-3-4-13(17)14(8-12)18-15(21)5-7-19-6-1-2-11(9-19)10-20/h3-4,8,10-11H,1-2,5-7,9H2,(H,18,21). The Morgan fingerprint density at radius 1 is 1.43 bits per heavy atom. The molecule has 0 radical (unpaired) electrons. The van der Waals surface area contributed by atoms with Gasteiger partial charge in [-0.1, -0.05) is 23.2 Å². The van der Waals surface area contributed by atoms with Crippen LogP contribution in [-0.2, 0) is 9.59 Å². The molecule has 1 saturated heterocycles. The third-order valence-electron chi connectivity index (χ3n) is 3.59. The summed E-state index contributed by atoms with van der Waals surface area (Å²) in [7, 11) is 0. The number of anilines is 1. The number of likely N-dealkylation sites (tertiary alicyclic amines) is 1. The zero-order chi connectivity index (χ0) is 15.2. The highest BCUT2D eigenvalue weighted by molar-refractivity contribution is 6.35. The smallest absolute Gasteiger partial charge is 0.225 e. The number of aldehydes is 1. The first kappa shape index (κ1) is 16.3. The van der Waals surface area contributed by atoms with Crippen LogP contribution < -0.4 is 5.32 Å². The molecule has 1 aliphatic heterocycles. The zero-order valence-electron chi connectivity index (χ0n) is 11.6. The van der Waals surface area contributed by atoms with Crippen molar-refractivity contribution in [2.24, 2.45) is 5.92 Å². The Kier molecular flexibility index (Phi) is 6.03. The summed E-state index contributed by atoms with van der Waals surface area (Å²) in [5.74, 6) is -0.00317. The summed E-state index contributed by atoms with van der Waals surface area (Å²) in [5, 5.41) is 3.76. The van der Waals surface area contributed by atoms with E-state index in [1.54, 1.807) is 18.2 Å². The highest BCUT2D eigenvalue weighted by Gasteiger charge is 2.19. The van der Waals surface area contributed by atoms with Crippen LogP contribution in [0.4, 0.5) is 5.69 Å². The van der Waals surface area contributed by atoms with Gasteiger partial charge in [-0.15, -0.1) is 0 Å². The minimum absolute atomic E-state index is 0.101. The minimum atomic E-state index is -0.104. The summed E-state index contributed by atoms with van der Waals surface area (Å²) in [6.07, 6.45) is 3.34. The van der Waals surface area contributed by atoms with Gasteiger partial charge in [0.25, 0.3) is 0 Å². The van der Waals surface area contributed by atoms with Crippen molar-refractivity contribution in [3.05, 3.63) is 28.2 Å². The molecule has 4 nitrogen and oxygen atoms in total. The van der Waals surface area contributed by atoms with Crippen LogP contribution in [0.2, 0.25) is 10.0 Å². The number of carbonyl (C=O) groups excluding carboxylic acids is 2. The molecule has 1 aromatic rings. The van der Waals surface area contributed by atoms with Gasteiger partial charge in [0.1, 0.15) is 6.29 Å². The molecule has 1 N–H and O–H groups in total. The molecule has 1 atom stereocenters. The monoisotopic (exact) mass is 328 g/mol. The van der Waals surface area contributed by atoms with Crippen molar-refractivity contribution in [2.45, 2.75) is 19.3 Å². The summed E-state index contributed by atoms with van der Waals surface area (Å²) in [4.78, 5) is 24.9. The van der Waals surface area contributed by atoms with E-state index in [4.69, 9.17) is 23.2 Å². The molecule has 1 unspecified atom stereocenters. The second-order valence-corrected chi connectivity index (χ2v) is 6.10. The van der Waals surface area contributed by atoms with E-state index >= 15 is 0 Å². The van der Waals surface area contributed by atoms with Crippen LogP contribution in [0.3, 0.4) is 0 Å². The Bertz CT molecular complexity index is 522. The first-order valence-electron chi connectivity index (χ1n) is 7.01. The van der Waals surface area contributed by atoms with Crippen molar-refractivity contribution >= 4 is 41.1 Å². The number of benzene rings is 1. The fourth-order valence-electron chi connectivity index (χ4n) is 2.47. The van der Waals surface area contributed by atoms with Gasteiger partial charge in [0.05, 0.1) is 10.7 Å². The molecule has 1 amide bonds. The third kappa shape index (κ3) is 4.99. The van der Waals surface area contributed by atoms with E-state index in [0.29, 0.717) is 28.7 Å². The van der Waals surface area contributed by atoms with E-state index in [2.05, 4.69) is 10.2 Å². The highest BCUT2D eigenvalue weighted by Crippen LogP contribution is 2.25. The SMILES string of the molecule is O=CC1CCCN(CCC(=O)Nc2cc(Cl)ccc2Cl)C1. The number of rotatable bonds is 5. The maximum atomic E-state index is 12.0. The highest BCUT2D eigenvalue weighted by atomic mass is 35.5. The number of amides is 1. The minimum Gasteiger partial charge on any atom is -0.325 e. The van der Waals surface area contributed by atoms with Crippen molar-refractivity contribution in [1.82, 2.24) is 4.90 Å². The summed E-state index contributed by atoms with van der Waals surface area (Å²) in [6.45, 7) is 2.33. The van der Waals surface area contributed by atoms with Crippen LogP contribution >= 0.6 is 23.2 Å². The first-order valence-corrected chi connectivity index (χ1v) is 7.76. The van der Waals surface area contributed by atoms with E-state index in [0.717, 1.165) is 32.2 Å². The summed E-state index contributed by atoms with van der Waals surface area (Å²) in [6, 6.07) is 4.96. The van der Waals surface area contributed by atoms with Crippen LogP contribution in [0.15, 0.2) is 18.2 Å². The van der Waals surface area contributed by atoms with Crippen LogP contribution in [0.25, 0.3) is 0 Å². The first-order chi connectivity index (χ1) is 10.1. The van der Waals surface area contributed by atoms with Gasteiger partial charge in [-0.05, 0) is 37.6 Å². The van der Waals surface area contributed by atoms with E-state index in [1.165, 1.54) is 0 Å². The van der Waals surface area contributed by atoms with Gasteiger partial charge in [-0.3, -0.25) is 4.79 Å². The fraction of sp³-hybridized carbons (Fsp3) is 0.467. The molecular formula is C15H18Cl2N2O2. The normalized spacial score (nSPS) is 19.2. The van der Waals surface area contributed by atoms with E-state index in [9.17, 15) is 9.59 Å². The van der Waals surface area contributed by atoms with Gasteiger partial charge < -0.3 is 15.0 Å². The average Bonchev–Trinajstić information content (AvgIpc) is 2.49. The lowest BCUT2D eigenvalue weighted by Crippen LogP contribution is -2.37. The van der Waals surface area contributed by atoms with Crippen molar-refractivity contribution < 1.29 is 9.59 Å². The molecule has 2 rings (SSSR count). The molecule has 21 heavy (non-hydrogen) atoms. The molecule has 114 valence electrons. The van der Waals surface area contributed by atoms with Gasteiger partial charge in [0.15, 0.2) is 0 Å². The number of hydrogen-bond donors (Lipinski definition) is 1. The van der Waals surface area contributed by atoms with Crippen LogP contribution in [0.1, 0.15) is 19.3 Å². The predicted octanol–water partition coefficient (Wildman–Crippen LogP) is 3.23. The van der Waals surface area contributed by atoms with Gasteiger partial charge in [-0.25, -0.2) is 0 Å². The maximum absolute atomic E-state index is 12.0. The van der Waals surface area contributed by atoms with Crippen molar-refractivity contribution in [1.29, 1.82) is 0 Å². The predicted molar refractivity (Wildman–Crippen MR) is 84.9 cm³/mol. The number of hydrogen-bond acceptors (Lipinski definition) is 3. The lowest BCUT2D eigenvalue weighted by molar-refractivity contribution is -0.116. The van der Waals surface area contributed by atoms with Gasteiger partial charge in [0.2, 0.25) is 5.91 Å². The topological polar surface area (TPSA) is 49.4 Å².